The van der Waals surface area contributed by atoms with Crippen molar-refractivity contribution in [1.82, 2.24) is 9.21 Å². The number of likely N-dealkylation sites (N-methyl/N-ethyl adjacent to an activating group) is 1. The largest absolute Gasteiger partial charge is 0.494 e. The minimum Gasteiger partial charge on any atom is -0.494 e. The molecule has 0 aliphatic carbocycles. The molecule has 2 aromatic carbocycles. The van der Waals surface area contributed by atoms with Crippen LogP contribution < -0.4 is 10.1 Å². The van der Waals surface area contributed by atoms with E-state index in [1.54, 1.807) is 12.1 Å². The fraction of sp³-hybridized carbons (Fsp3) is 0.409. The van der Waals surface area contributed by atoms with Gasteiger partial charge in [0.15, 0.2) is 0 Å². The summed E-state index contributed by atoms with van der Waals surface area (Å²) in [6.45, 7) is 4.90. The molecule has 0 radical (unpaired) electrons. The second-order valence-corrected chi connectivity index (χ2v) is 9.28. The molecule has 0 saturated carbocycles. The standard InChI is InChI=1S/C22H29N3O5S/c1-3-30-20-8-4-18(5-9-20)16-24(2)17-22(26)23-19-6-10-21(11-7-19)31(27,28)25-12-14-29-15-13-25/h4-11H,3,12-17H2,1-2H3,(H,23,26). The summed E-state index contributed by atoms with van der Waals surface area (Å²) < 4.78 is 37.4. The first-order valence-electron chi connectivity index (χ1n) is 10.3. The van der Waals surface area contributed by atoms with Crippen molar-refractivity contribution in [2.24, 2.45) is 0 Å². The Bertz CT molecular complexity index is 956. The number of hydrogen-bond donors (Lipinski definition) is 1. The maximum Gasteiger partial charge on any atom is 0.243 e. The van der Waals surface area contributed by atoms with Gasteiger partial charge in [0.25, 0.3) is 0 Å². The molecular formula is C22H29N3O5S. The van der Waals surface area contributed by atoms with Crippen molar-refractivity contribution >= 4 is 21.6 Å². The van der Waals surface area contributed by atoms with Gasteiger partial charge in [-0.1, -0.05) is 12.1 Å². The molecule has 1 fully saturated rings. The first kappa shape index (κ1) is 23.2. The molecule has 8 nitrogen and oxygen atoms in total. The number of nitrogens with one attached hydrogen (secondary N) is 1. The van der Waals surface area contributed by atoms with E-state index in [0.29, 0.717) is 45.1 Å². The molecule has 1 aliphatic rings. The van der Waals surface area contributed by atoms with Crippen LogP contribution in [0.2, 0.25) is 0 Å². The monoisotopic (exact) mass is 447 g/mol. The van der Waals surface area contributed by atoms with E-state index in [2.05, 4.69) is 5.32 Å². The number of nitrogens with zero attached hydrogens (tertiary/aromatic N) is 2. The minimum absolute atomic E-state index is 0.169. The third-order valence-electron chi connectivity index (χ3n) is 4.85. The summed E-state index contributed by atoms with van der Waals surface area (Å²) in [6.07, 6.45) is 0. The van der Waals surface area contributed by atoms with E-state index in [-0.39, 0.29) is 17.3 Å². The number of amides is 1. The van der Waals surface area contributed by atoms with Gasteiger partial charge in [-0.3, -0.25) is 9.69 Å². The Morgan fingerprint density at radius 3 is 2.35 bits per heavy atom. The number of benzene rings is 2. The number of anilines is 1. The summed E-state index contributed by atoms with van der Waals surface area (Å²) in [4.78, 5) is 14.5. The van der Waals surface area contributed by atoms with Crippen molar-refractivity contribution in [2.45, 2.75) is 18.4 Å². The lowest BCUT2D eigenvalue weighted by molar-refractivity contribution is -0.117. The number of morpholine rings is 1. The van der Waals surface area contributed by atoms with Crippen LogP contribution in [0.15, 0.2) is 53.4 Å². The smallest absolute Gasteiger partial charge is 0.243 e. The second kappa shape index (κ2) is 10.7. The summed E-state index contributed by atoms with van der Waals surface area (Å²) in [5.74, 6) is 0.656. The Kier molecular flexibility index (Phi) is 8.03. The molecule has 0 unspecified atom stereocenters. The maximum absolute atomic E-state index is 12.7. The number of sulfonamides is 1. The van der Waals surface area contributed by atoms with Crippen molar-refractivity contribution in [3.63, 3.8) is 0 Å². The Hall–Kier alpha value is -2.46. The minimum atomic E-state index is -3.54. The van der Waals surface area contributed by atoms with Crippen molar-refractivity contribution < 1.29 is 22.7 Å². The van der Waals surface area contributed by atoms with Crippen LogP contribution in [0.25, 0.3) is 0 Å². The predicted molar refractivity (Wildman–Crippen MR) is 119 cm³/mol. The molecule has 9 heteroatoms. The van der Waals surface area contributed by atoms with E-state index in [1.165, 1.54) is 16.4 Å². The fourth-order valence-corrected chi connectivity index (χ4v) is 4.73. The van der Waals surface area contributed by atoms with Gasteiger partial charge in [0, 0.05) is 25.3 Å². The lowest BCUT2D eigenvalue weighted by Gasteiger charge is -2.26. The van der Waals surface area contributed by atoms with Gasteiger partial charge in [-0.2, -0.15) is 4.31 Å². The molecule has 1 aliphatic heterocycles. The average Bonchev–Trinajstić information content (AvgIpc) is 2.76. The van der Waals surface area contributed by atoms with Gasteiger partial charge in [0.2, 0.25) is 15.9 Å². The normalized spacial score (nSPS) is 15.1. The first-order chi connectivity index (χ1) is 14.9. The number of carbonyl (C=O) groups excluding carboxylic acids is 1. The van der Waals surface area contributed by atoms with Crippen molar-refractivity contribution in [2.75, 3.05) is 51.8 Å². The molecule has 1 heterocycles. The molecule has 0 aromatic heterocycles. The van der Waals surface area contributed by atoms with Gasteiger partial charge < -0.3 is 14.8 Å². The van der Waals surface area contributed by atoms with Crippen molar-refractivity contribution in [1.29, 1.82) is 0 Å². The van der Waals surface area contributed by atoms with Crippen LogP contribution in [0.5, 0.6) is 5.75 Å². The lowest BCUT2D eigenvalue weighted by Crippen LogP contribution is -2.40. The zero-order valence-corrected chi connectivity index (χ0v) is 18.7. The molecule has 0 atom stereocenters. The highest BCUT2D eigenvalue weighted by atomic mass is 32.2. The number of carbonyl (C=O) groups is 1. The van der Waals surface area contributed by atoms with Gasteiger partial charge in [0.1, 0.15) is 5.75 Å². The third kappa shape index (κ3) is 6.51. The summed E-state index contributed by atoms with van der Waals surface area (Å²) >= 11 is 0. The van der Waals surface area contributed by atoms with Crippen LogP contribution in [0.4, 0.5) is 5.69 Å². The molecule has 0 spiro atoms. The van der Waals surface area contributed by atoms with Crippen LogP contribution in [0.3, 0.4) is 0 Å². The molecule has 3 rings (SSSR count). The highest BCUT2D eigenvalue weighted by molar-refractivity contribution is 7.89. The average molecular weight is 448 g/mol. The summed E-state index contributed by atoms with van der Waals surface area (Å²) in [7, 11) is -1.68. The van der Waals surface area contributed by atoms with Gasteiger partial charge in [-0.05, 0) is 55.9 Å². The van der Waals surface area contributed by atoms with E-state index in [9.17, 15) is 13.2 Å². The van der Waals surface area contributed by atoms with E-state index in [0.717, 1.165) is 11.3 Å². The Labute approximate surface area is 183 Å². The maximum atomic E-state index is 12.7. The zero-order valence-electron chi connectivity index (χ0n) is 17.9. The molecular weight excluding hydrogens is 418 g/mol. The third-order valence-corrected chi connectivity index (χ3v) is 6.76. The summed E-state index contributed by atoms with van der Waals surface area (Å²) in [5.41, 5.74) is 1.64. The quantitative estimate of drug-likeness (QED) is 0.634. The van der Waals surface area contributed by atoms with Crippen molar-refractivity contribution in [3.8, 4) is 5.75 Å². The Balaban J connectivity index is 1.51. The fourth-order valence-electron chi connectivity index (χ4n) is 3.32. The van der Waals surface area contributed by atoms with Crippen LogP contribution in [0, 0.1) is 0 Å². The number of rotatable bonds is 9. The van der Waals surface area contributed by atoms with Crippen molar-refractivity contribution in [3.05, 3.63) is 54.1 Å². The molecule has 31 heavy (non-hydrogen) atoms. The molecule has 168 valence electrons. The molecule has 1 N–H and O–H groups in total. The van der Waals surface area contributed by atoms with Gasteiger partial charge >= 0.3 is 0 Å². The van der Waals surface area contributed by atoms with E-state index in [1.807, 2.05) is 43.1 Å². The SMILES string of the molecule is CCOc1ccc(CN(C)CC(=O)Nc2ccc(S(=O)(=O)N3CCOCC3)cc2)cc1. The van der Waals surface area contributed by atoms with E-state index >= 15 is 0 Å². The van der Waals surface area contributed by atoms with Gasteiger partial charge in [0.05, 0.1) is 31.3 Å². The Morgan fingerprint density at radius 2 is 1.74 bits per heavy atom. The van der Waals surface area contributed by atoms with Crippen LogP contribution in [0.1, 0.15) is 12.5 Å². The molecule has 0 bridgehead atoms. The Morgan fingerprint density at radius 1 is 1.10 bits per heavy atom. The van der Waals surface area contributed by atoms with E-state index in [4.69, 9.17) is 9.47 Å². The number of hydrogen-bond acceptors (Lipinski definition) is 6. The van der Waals surface area contributed by atoms with Crippen LogP contribution in [-0.2, 0) is 26.1 Å². The zero-order chi connectivity index (χ0) is 22.3. The summed E-state index contributed by atoms with van der Waals surface area (Å²) in [5, 5.41) is 2.81. The topological polar surface area (TPSA) is 88.2 Å². The lowest BCUT2D eigenvalue weighted by atomic mass is 10.2. The second-order valence-electron chi connectivity index (χ2n) is 7.34. The molecule has 2 aromatic rings. The van der Waals surface area contributed by atoms with Crippen LogP contribution in [-0.4, -0.2) is 70.0 Å². The predicted octanol–water partition coefficient (Wildman–Crippen LogP) is 2.18. The first-order valence-corrected chi connectivity index (χ1v) is 11.7. The van der Waals surface area contributed by atoms with E-state index < -0.39 is 10.0 Å². The van der Waals surface area contributed by atoms with Gasteiger partial charge in [-0.15, -0.1) is 0 Å². The molecule has 1 saturated heterocycles. The number of ether oxygens (including phenoxy) is 2. The van der Waals surface area contributed by atoms with Crippen LogP contribution >= 0.6 is 0 Å². The van der Waals surface area contributed by atoms with Gasteiger partial charge in [-0.25, -0.2) is 8.42 Å². The molecule has 1 amide bonds. The highest BCUT2D eigenvalue weighted by Gasteiger charge is 2.26. The summed E-state index contributed by atoms with van der Waals surface area (Å²) in [6, 6.07) is 14.0. The highest BCUT2D eigenvalue weighted by Crippen LogP contribution is 2.19.